The Morgan fingerprint density at radius 3 is 1.68 bits per heavy atom. The molecule has 0 saturated carbocycles. The second-order valence-electron chi connectivity index (χ2n) is 13.2. The first-order valence-corrected chi connectivity index (χ1v) is 17.2. The predicted octanol–water partition coefficient (Wildman–Crippen LogP) is 13.5. The van der Waals surface area contributed by atoms with E-state index in [1.807, 2.05) is 0 Å². The summed E-state index contributed by atoms with van der Waals surface area (Å²) in [5.41, 5.74) is 10.1. The van der Waals surface area contributed by atoms with E-state index in [0.717, 1.165) is 27.6 Å². The number of para-hydroxylation sites is 2. The molecule has 0 saturated heterocycles. The van der Waals surface area contributed by atoms with E-state index in [1.54, 1.807) is 0 Å². The molecule has 0 aliphatic heterocycles. The smallest absolute Gasteiger partial charge is 0.138 e. The lowest BCUT2D eigenvalue weighted by Crippen LogP contribution is -1.96. The van der Waals surface area contributed by atoms with E-state index >= 15 is 0 Å². The standard InChI is InChI=1S/C48H29NO/c1-2-15-31(16-3-1)45-34-18-6-8-20-36(34)46(37-21-9-7-19-35(37)45)40-28-32(29-44-48(40)39-23-11-13-25-43(39)50-44)49-41-24-12-10-22-38(41)47-33-17-5-4-14-30(33)26-27-42(47)49/h1-29H. The van der Waals surface area contributed by atoms with Gasteiger partial charge < -0.3 is 8.98 Å². The second-order valence-corrected chi connectivity index (χ2v) is 13.2. The summed E-state index contributed by atoms with van der Waals surface area (Å²) in [6.45, 7) is 0. The van der Waals surface area contributed by atoms with Crippen LogP contribution in [-0.2, 0) is 0 Å². The number of furan rings is 1. The molecule has 2 aromatic heterocycles. The van der Waals surface area contributed by atoms with Crippen molar-refractivity contribution >= 4 is 76.1 Å². The van der Waals surface area contributed by atoms with E-state index in [2.05, 4.69) is 180 Å². The molecule has 2 nitrogen and oxygen atoms in total. The fourth-order valence-electron chi connectivity index (χ4n) is 8.52. The third kappa shape index (κ3) is 3.79. The van der Waals surface area contributed by atoms with Crippen LogP contribution in [0.25, 0.3) is 104 Å². The van der Waals surface area contributed by atoms with Crippen LogP contribution in [0.2, 0.25) is 0 Å². The maximum absolute atomic E-state index is 6.75. The van der Waals surface area contributed by atoms with Crippen LogP contribution >= 0.6 is 0 Å². The van der Waals surface area contributed by atoms with Crippen LogP contribution in [0, 0.1) is 0 Å². The topological polar surface area (TPSA) is 18.1 Å². The van der Waals surface area contributed by atoms with Crippen LogP contribution in [0.5, 0.6) is 0 Å². The summed E-state index contributed by atoms with van der Waals surface area (Å²) >= 11 is 0. The van der Waals surface area contributed by atoms with Gasteiger partial charge in [0.1, 0.15) is 11.2 Å². The largest absolute Gasteiger partial charge is 0.456 e. The molecule has 0 atom stereocenters. The van der Waals surface area contributed by atoms with Gasteiger partial charge in [-0.25, -0.2) is 0 Å². The summed E-state index contributed by atoms with van der Waals surface area (Å²) in [6, 6.07) is 63.7. The maximum atomic E-state index is 6.75. The van der Waals surface area contributed by atoms with Gasteiger partial charge in [0, 0.05) is 27.6 Å². The number of aromatic nitrogens is 1. The molecule has 0 fully saturated rings. The highest BCUT2D eigenvalue weighted by molar-refractivity contribution is 6.26. The molecule has 0 bridgehead atoms. The van der Waals surface area contributed by atoms with Crippen LogP contribution in [0.15, 0.2) is 180 Å². The highest BCUT2D eigenvalue weighted by Crippen LogP contribution is 2.48. The van der Waals surface area contributed by atoms with Gasteiger partial charge in [0.2, 0.25) is 0 Å². The summed E-state index contributed by atoms with van der Waals surface area (Å²) in [5.74, 6) is 0. The van der Waals surface area contributed by atoms with Crippen LogP contribution in [-0.4, -0.2) is 4.57 Å². The summed E-state index contributed by atoms with van der Waals surface area (Å²) in [5, 5.41) is 12.2. The Morgan fingerprint density at radius 2 is 0.940 bits per heavy atom. The minimum absolute atomic E-state index is 0.880. The van der Waals surface area contributed by atoms with E-state index in [0.29, 0.717) is 0 Å². The van der Waals surface area contributed by atoms with E-state index in [9.17, 15) is 0 Å². The molecule has 0 aliphatic carbocycles. The number of hydrogen-bond donors (Lipinski definition) is 0. The summed E-state index contributed by atoms with van der Waals surface area (Å²) in [6.07, 6.45) is 0. The average molecular weight is 636 g/mol. The first-order chi connectivity index (χ1) is 24.8. The number of rotatable bonds is 3. The Kier molecular flexibility index (Phi) is 5.70. The monoisotopic (exact) mass is 635 g/mol. The molecule has 0 radical (unpaired) electrons. The molecular weight excluding hydrogens is 607 g/mol. The molecule has 2 heteroatoms. The lowest BCUT2D eigenvalue weighted by molar-refractivity contribution is 0.668. The summed E-state index contributed by atoms with van der Waals surface area (Å²) < 4.78 is 9.18. The Labute approximate surface area is 288 Å². The zero-order chi connectivity index (χ0) is 32.8. The Bertz CT molecular complexity index is 3090. The molecule has 0 aliphatic rings. The molecule has 0 spiro atoms. The van der Waals surface area contributed by atoms with Crippen molar-refractivity contribution in [1.82, 2.24) is 4.57 Å². The van der Waals surface area contributed by atoms with Gasteiger partial charge in [-0.3, -0.25) is 0 Å². The van der Waals surface area contributed by atoms with Crippen molar-refractivity contribution in [2.45, 2.75) is 0 Å². The fraction of sp³-hybridized carbons (Fsp3) is 0. The van der Waals surface area contributed by atoms with Gasteiger partial charge in [0.25, 0.3) is 0 Å². The zero-order valence-electron chi connectivity index (χ0n) is 27.1. The molecule has 0 amide bonds. The van der Waals surface area contributed by atoms with Crippen molar-refractivity contribution in [3.63, 3.8) is 0 Å². The van der Waals surface area contributed by atoms with Crippen LogP contribution < -0.4 is 0 Å². The van der Waals surface area contributed by atoms with Crippen LogP contribution in [0.1, 0.15) is 0 Å². The highest BCUT2D eigenvalue weighted by atomic mass is 16.3. The first-order valence-electron chi connectivity index (χ1n) is 17.2. The molecule has 2 heterocycles. The maximum Gasteiger partial charge on any atom is 0.138 e. The highest BCUT2D eigenvalue weighted by Gasteiger charge is 2.23. The summed E-state index contributed by atoms with van der Waals surface area (Å²) in [4.78, 5) is 0. The van der Waals surface area contributed by atoms with Crippen molar-refractivity contribution < 1.29 is 4.42 Å². The van der Waals surface area contributed by atoms with Crippen molar-refractivity contribution in [1.29, 1.82) is 0 Å². The molecule has 9 aromatic carbocycles. The van der Waals surface area contributed by atoms with Gasteiger partial charge in [-0.15, -0.1) is 0 Å². The van der Waals surface area contributed by atoms with E-state index in [-0.39, 0.29) is 0 Å². The molecular formula is C48H29NO. The Morgan fingerprint density at radius 1 is 0.360 bits per heavy atom. The first kappa shape index (κ1) is 27.3. The van der Waals surface area contributed by atoms with E-state index < -0.39 is 0 Å². The lowest BCUT2D eigenvalue weighted by atomic mass is 9.85. The third-order valence-electron chi connectivity index (χ3n) is 10.5. The van der Waals surface area contributed by atoms with Crippen LogP contribution in [0.3, 0.4) is 0 Å². The molecule has 0 N–H and O–H groups in total. The second kappa shape index (κ2) is 10.4. The van der Waals surface area contributed by atoms with Crippen molar-refractivity contribution in [2.24, 2.45) is 0 Å². The number of nitrogens with zero attached hydrogens (tertiary/aromatic N) is 1. The zero-order valence-corrected chi connectivity index (χ0v) is 27.1. The van der Waals surface area contributed by atoms with Gasteiger partial charge in [0.15, 0.2) is 0 Å². The SMILES string of the molecule is c1ccc(-c2c3ccccc3c(-c3cc(-n4c5ccccc5c5c6ccccc6ccc54)cc4oc5ccccc5c34)c3ccccc23)cc1. The van der Waals surface area contributed by atoms with Crippen molar-refractivity contribution in [2.75, 3.05) is 0 Å². The normalized spacial score (nSPS) is 12.0. The quantitative estimate of drug-likeness (QED) is 0.177. The van der Waals surface area contributed by atoms with Gasteiger partial charge >= 0.3 is 0 Å². The minimum Gasteiger partial charge on any atom is -0.456 e. The molecule has 232 valence electrons. The van der Waals surface area contributed by atoms with Gasteiger partial charge in [-0.05, 0) is 78.8 Å². The molecule has 50 heavy (non-hydrogen) atoms. The van der Waals surface area contributed by atoms with Gasteiger partial charge in [-0.1, -0.05) is 146 Å². The van der Waals surface area contributed by atoms with Gasteiger partial charge in [0.05, 0.1) is 16.7 Å². The fourth-order valence-corrected chi connectivity index (χ4v) is 8.52. The molecule has 11 rings (SSSR count). The van der Waals surface area contributed by atoms with E-state index in [1.165, 1.54) is 76.4 Å². The summed E-state index contributed by atoms with van der Waals surface area (Å²) in [7, 11) is 0. The Hall–Kier alpha value is -6.64. The minimum atomic E-state index is 0.880. The van der Waals surface area contributed by atoms with E-state index in [4.69, 9.17) is 4.42 Å². The number of fused-ring (bicyclic) bond motifs is 10. The number of hydrogen-bond acceptors (Lipinski definition) is 1. The Balaban J connectivity index is 1.33. The predicted molar refractivity (Wildman–Crippen MR) is 211 cm³/mol. The van der Waals surface area contributed by atoms with Crippen LogP contribution in [0.4, 0.5) is 0 Å². The van der Waals surface area contributed by atoms with Crippen molar-refractivity contribution in [3.8, 4) is 27.9 Å². The average Bonchev–Trinajstić information content (AvgIpc) is 3.73. The van der Waals surface area contributed by atoms with Crippen molar-refractivity contribution in [3.05, 3.63) is 176 Å². The number of benzene rings is 9. The third-order valence-corrected chi connectivity index (χ3v) is 10.5. The van der Waals surface area contributed by atoms with Gasteiger partial charge in [-0.2, -0.15) is 0 Å². The molecule has 0 unspecified atom stereocenters. The lowest BCUT2D eigenvalue weighted by Gasteiger charge is -2.19. The molecule has 11 aromatic rings.